The summed E-state index contributed by atoms with van der Waals surface area (Å²) >= 11 is 0. The Balaban J connectivity index is 1.65. The van der Waals surface area contributed by atoms with Gasteiger partial charge < -0.3 is 10.3 Å². The van der Waals surface area contributed by atoms with Crippen LogP contribution in [0.4, 0.5) is 19.0 Å². The maximum Gasteiger partial charge on any atom is 0.393 e. The first kappa shape index (κ1) is 20.5. The molecule has 3 aromatic rings. The number of rotatable bonds is 4. The number of hydrogen-bond acceptors (Lipinski definition) is 6. The van der Waals surface area contributed by atoms with Crippen LogP contribution >= 0.6 is 0 Å². The van der Waals surface area contributed by atoms with Crippen LogP contribution in [0.1, 0.15) is 6.42 Å². The molecule has 8 nitrogen and oxygen atoms in total. The van der Waals surface area contributed by atoms with Crippen LogP contribution in [-0.4, -0.2) is 64.2 Å². The van der Waals surface area contributed by atoms with Gasteiger partial charge >= 0.3 is 6.18 Å². The number of alkyl halides is 3. The van der Waals surface area contributed by atoms with Gasteiger partial charge in [-0.3, -0.25) is 0 Å². The predicted octanol–water partition coefficient (Wildman–Crippen LogP) is 2.64. The van der Waals surface area contributed by atoms with E-state index in [0.717, 1.165) is 10.6 Å². The zero-order valence-electron chi connectivity index (χ0n) is 15.9. The summed E-state index contributed by atoms with van der Waals surface area (Å²) in [7, 11) is -3.78. The second kappa shape index (κ2) is 7.51. The molecule has 0 bridgehead atoms. The van der Waals surface area contributed by atoms with Gasteiger partial charge in [0.1, 0.15) is 11.3 Å². The minimum absolute atomic E-state index is 0.0794. The molecule has 0 saturated carbocycles. The number of nitrogens with zero attached hydrogens (tertiary/aromatic N) is 4. The highest BCUT2D eigenvalue weighted by Gasteiger charge is 2.46. The van der Waals surface area contributed by atoms with Gasteiger partial charge in [0.05, 0.1) is 24.1 Å². The topological polar surface area (TPSA) is 104 Å². The molecule has 2 N–H and O–H groups in total. The fraction of sp³-hybridized carbons (Fsp3) is 0.389. The van der Waals surface area contributed by atoms with Gasteiger partial charge in [0, 0.05) is 37.1 Å². The standard InChI is InChI=1S/C18H19F3N6O2S/c1-30(28,29)27-9-11(18(19,20)21)7-12(10-27)25-16-13(3-2-5-22-16)15-8-24-17-14(26-15)4-6-23-17/h2-6,8,11-12H,7,9-10H2,1H3,(H,22,25)(H,23,24)/t11-,12?/m0/s1. The number of piperidine rings is 1. The van der Waals surface area contributed by atoms with Crippen molar-refractivity contribution < 1.29 is 21.6 Å². The van der Waals surface area contributed by atoms with Crippen LogP contribution in [0.3, 0.4) is 0 Å². The van der Waals surface area contributed by atoms with Crippen molar-refractivity contribution in [1.82, 2.24) is 24.2 Å². The van der Waals surface area contributed by atoms with Crippen LogP contribution in [0.15, 0.2) is 36.8 Å². The third-order valence-electron chi connectivity index (χ3n) is 5.03. The average Bonchev–Trinajstić information content (AvgIpc) is 3.14. The van der Waals surface area contributed by atoms with E-state index in [-0.39, 0.29) is 13.0 Å². The number of hydrogen-bond donors (Lipinski definition) is 2. The largest absolute Gasteiger partial charge is 0.393 e. The summed E-state index contributed by atoms with van der Waals surface area (Å²) in [5.74, 6) is -1.44. The number of sulfonamides is 1. The van der Waals surface area contributed by atoms with E-state index >= 15 is 0 Å². The Morgan fingerprint density at radius 3 is 2.77 bits per heavy atom. The highest BCUT2D eigenvalue weighted by atomic mass is 32.2. The van der Waals surface area contributed by atoms with E-state index < -0.39 is 34.7 Å². The smallest absolute Gasteiger partial charge is 0.365 e. The molecule has 0 aromatic carbocycles. The number of aromatic amines is 1. The molecule has 4 rings (SSSR count). The summed E-state index contributed by atoms with van der Waals surface area (Å²) in [5, 5.41) is 3.00. The van der Waals surface area contributed by atoms with Crippen LogP contribution in [0.2, 0.25) is 0 Å². The molecule has 1 saturated heterocycles. The predicted molar refractivity (Wildman–Crippen MR) is 105 cm³/mol. The van der Waals surface area contributed by atoms with Gasteiger partial charge in [-0.05, 0) is 24.6 Å². The highest BCUT2D eigenvalue weighted by molar-refractivity contribution is 7.88. The van der Waals surface area contributed by atoms with Gasteiger partial charge in [-0.2, -0.15) is 17.5 Å². The number of aromatic nitrogens is 4. The molecular formula is C18H19F3N6O2S. The average molecular weight is 440 g/mol. The lowest BCUT2D eigenvalue weighted by atomic mass is 9.95. The fourth-order valence-electron chi connectivity index (χ4n) is 3.55. The van der Waals surface area contributed by atoms with Crippen molar-refractivity contribution in [3.63, 3.8) is 0 Å². The summed E-state index contributed by atoms with van der Waals surface area (Å²) < 4.78 is 64.9. The van der Waals surface area contributed by atoms with Crippen LogP contribution in [0.25, 0.3) is 22.4 Å². The Labute approximate surface area is 170 Å². The Bertz CT molecular complexity index is 1160. The van der Waals surface area contributed by atoms with Gasteiger partial charge in [0.2, 0.25) is 10.0 Å². The summed E-state index contributed by atoms with van der Waals surface area (Å²) in [6.45, 7) is -0.658. The Morgan fingerprint density at radius 2 is 2.03 bits per heavy atom. The highest BCUT2D eigenvalue weighted by Crippen LogP contribution is 2.35. The summed E-state index contributed by atoms with van der Waals surface area (Å²) in [5.41, 5.74) is 2.32. The molecule has 1 aliphatic heterocycles. The van der Waals surface area contributed by atoms with E-state index in [9.17, 15) is 21.6 Å². The Morgan fingerprint density at radius 1 is 1.23 bits per heavy atom. The van der Waals surface area contributed by atoms with E-state index in [1.165, 1.54) is 6.20 Å². The van der Waals surface area contributed by atoms with Gasteiger partial charge in [0.15, 0.2) is 5.65 Å². The molecule has 0 aliphatic carbocycles. The molecule has 160 valence electrons. The molecule has 0 amide bonds. The van der Waals surface area contributed by atoms with Crippen molar-refractivity contribution in [2.45, 2.75) is 18.6 Å². The molecule has 0 spiro atoms. The number of halogens is 3. The minimum Gasteiger partial charge on any atom is -0.365 e. The van der Waals surface area contributed by atoms with Crippen molar-refractivity contribution in [3.05, 3.63) is 36.8 Å². The zero-order chi connectivity index (χ0) is 21.5. The minimum atomic E-state index is -4.50. The van der Waals surface area contributed by atoms with Crippen molar-refractivity contribution in [2.24, 2.45) is 5.92 Å². The van der Waals surface area contributed by atoms with E-state index in [1.54, 1.807) is 30.6 Å². The zero-order valence-corrected chi connectivity index (χ0v) is 16.7. The molecule has 30 heavy (non-hydrogen) atoms. The third kappa shape index (κ3) is 4.24. The summed E-state index contributed by atoms with van der Waals surface area (Å²) in [4.78, 5) is 16.0. The SMILES string of the molecule is CS(=O)(=O)N1CC(Nc2ncccc2-c2cnc3[nH]ccc3n2)C[C@H](C(F)(F)F)C1. The van der Waals surface area contributed by atoms with Gasteiger partial charge in [-0.15, -0.1) is 0 Å². The molecule has 4 heterocycles. The Hall–Kier alpha value is -2.73. The Kier molecular flexibility index (Phi) is 5.14. The van der Waals surface area contributed by atoms with Crippen LogP contribution in [-0.2, 0) is 10.0 Å². The summed E-state index contributed by atoms with van der Waals surface area (Å²) in [6.07, 6.45) is 0.914. The number of pyridine rings is 1. The van der Waals surface area contributed by atoms with Crippen LogP contribution < -0.4 is 5.32 Å². The summed E-state index contributed by atoms with van der Waals surface area (Å²) in [6, 6.07) is 4.41. The van der Waals surface area contributed by atoms with E-state index in [2.05, 4.69) is 25.3 Å². The maximum atomic E-state index is 13.4. The first-order chi connectivity index (χ1) is 14.1. The van der Waals surface area contributed by atoms with Crippen LogP contribution in [0.5, 0.6) is 0 Å². The maximum absolute atomic E-state index is 13.4. The van der Waals surface area contributed by atoms with Crippen molar-refractivity contribution in [2.75, 3.05) is 24.7 Å². The quantitative estimate of drug-likeness (QED) is 0.647. The lowest BCUT2D eigenvalue weighted by Crippen LogP contribution is -2.52. The molecule has 2 atom stereocenters. The number of fused-ring (bicyclic) bond motifs is 1. The van der Waals surface area contributed by atoms with Crippen LogP contribution in [0, 0.1) is 5.92 Å². The van der Waals surface area contributed by atoms with Crippen molar-refractivity contribution in [3.8, 4) is 11.3 Å². The number of anilines is 1. The fourth-order valence-corrected chi connectivity index (χ4v) is 4.45. The molecule has 1 aliphatic rings. The van der Waals surface area contributed by atoms with E-state index in [1.807, 2.05) is 0 Å². The normalized spacial score (nSPS) is 21.1. The van der Waals surface area contributed by atoms with Gasteiger partial charge in [0.25, 0.3) is 0 Å². The number of nitrogens with one attached hydrogen (secondary N) is 2. The second-order valence-corrected chi connectivity index (χ2v) is 9.24. The first-order valence-electron chi connectivity index (χ1n) is 9.15. The molecule has 0 radical (unpaired) electrons. The van der Waals surface area contributed by atoms with Crippen molar-refractivity contribution in [1.29, 1.82) is 0 Å². The van der Waals surface area contributed by atoms with Gasteiger partial charge in [-0.25, -0.2) is 23.4 Å². The number of H-pyrrole nitrogens is 1. The van der Waals surface area contributed by atoms with Crippen molar-refractivity contribution >= 4 is 27.0 Å². The lowest BCUT2D eigenvalue weighted by molar-refractivity contribution is -0.183. The molecule has 1 fully saturated rings. The third-order valence-corrected chi connectivity index (χ3v) is 6.27. The molecule has 12 heteroatoms. The molecule has 1 unspecified atom stereocenters. The first-order valence-corrected chi connectivity index (χ1v) is 11.0. The lowest BCUT2D eigenvalue weighted by Gasteiger charge is -2.37. The van der Waals surface area contributed by atoms with Gasteiger partial charge in [-0.1, -0.05) is 0 Å². The van der Waals surface area contributed by atoms with E-state index in [0.29, 0.717) is 28.2 Å². The molecular weight excluding hydrogens is 421 g/mol. The molecule has 3 aromatic heterocycles. The van der Waals surface area contributed by atoms with E-state index in [4.69, 9.17) is 0 Å². The second-order valence-electron chi connectivity index (χ2n) is 7.26. The monoisotopic (exact) mass is 440 g/mol.